The Morgan fingerprint density at radius 2 is 1.77 bits per heavy atom. The summed E-state index contributed by atoms with van der Waals surface area (Å²) >= 11 is 0. The van der Waals surface area contributed by atoms with E-state index in [0.29, 0.717) is 19.3 Å². The number of nitrogens with zero attached hydrogens (tertiary/aromatic N) is 1. The number of nitrogens with one attached hydrogen (secondary N) is 2. The highest BCUT2D eigenvalue weighted by Crippen LogP contribution is 2.25. The number of hydrogen-bond donors (Lipinski definition) is 4. The summed E-state index contributed by atoms with van der Waals surface area (Å²) in [6, 6.07) is 15.4. The fraction of sp³-hybridized carbons (Fsp3) is 0.419. The van der Waals surface area contributed by atoms with Gasteiger partial charge in [0.15, 0.2) is 0 Å². The normalized spacial score (nSPS) is 13.2. The summed E-state index contributed by atoms with van der Waals surface area (Å²) in [5, 5.41) is 17.6. The molecule has 3 rings (SSSR count). The highest BCUT2D eigenvalue weighted by molar-refractivity contribution is 7.89. The number of nitrogens with two attached hydrogens (primary N) is 1. The number of rotatable bonds is 15. The third-order valence-electron chi connectivity index (χ3n) is 7.05. The second kappa shape index (κ2) is 15.6. The number of sulfonamides is 1. The van der Waals surface area contributed by atoms with Gasteiger partial charge in [0.05, 0.1) is 24.3 Å². The molecule has 0 unspecified atom stereocenters. The molecule has 0 aromatic heterocycles. The number of fused-ring (bicyclic) bond motifs is 1. The third-order valence-corrected chi connectivity index (χ3v) is 8.97. The van der Waals surface area contributed by atoms with Crippen LogP contribution in [0.15, 0.2) is 65.6 Å². The molecule has 0 saturated carbocycles. The molecule has 0 aliphatic carbocycles. The number of alkyl carbamates (subject to hydrolysis) is 1. The van der Waals surface area contributed by atoms with E-state index in [-0.39, 0.29) is 41.9 Å². The highest BCUT2D eigenvalue weighted by atomic mass is 32.2. The van der Waals surface area contributed by atoms with Crippen molar-refractivity contribution in [1.29, 1.82) is 0 Å². The third kappa shape index (κ3) is 9.37. The minimum atomic E-state index is -4.12. The van der Waals surface area contributed by atoms with E-state index in [9.17, 15) is 27.5 Å². The lowest BCUT2D eigenvalue weighted by molar-refractivity contribution is -0.123. The zero-order valence-corrected chi connectivity index (χ0v) is 25.6. The summed E-state index contributed by atoms with van der Waals surface area (Å²) in [7, 11) is -2.89. The molecule has 0 spiro atoms. The van der Waals surface area contributed by atoms with E-state index in [2.05, 4.69) is 10.6 Å². The molecule has 234 valence electrons. The summed E-state index contributed by atoms with van der Waals surface area (Å²) in [6.07, 6.45) is 0.836. The van der Waals surface area contributed by atoms with Gasteiger partial charge in [0, 0.05) is 25.6 Å². The minimum absolute atomic E-state index is 0.0522. The number of ether oxygens (including phenoxy) is 1. The predicted molar refractivity (Wildman–Crippen MR) is 164 cm³/mol. The monoisotopic (exact) mass is 616 g/mol. The second-order valence-electron chi connectivity index (χ2n) is 10.8. The van der Waals surface area contributed by atoms with Gasteiger partial charge < -0.3 is 26.2 Å². The molecular formula is C31H41FN4O6S. The molecule has 0 saturated heterocycles. The van der Waals surface area contributed by atoms with E-state index < -0.39 is 40.6 Å². The fourth-order valence-electron chi connectivity index (χ4n) is 4.79. The van der Waals surface area contributed by atoms with E-state index in [1.165, 1.54) is 23.5 Å². The maximum absolute atomic E-state index is 14.1. The molecule has 2 atom stereocenters. The van der Waals surface area contributed by atoms with Crippen molar-refractivity contribution >= 4 is 38.5 Å². The van der Waals surface area contributed by atoms with Crippen LogP contribution in [0.25, 0.3) is 10.8 Å². The Morgan fingerprint density at radius 1 is 1.05 bits per heavy atom. The van der Waals surface area contributed by atoms with Crippen LogP contribution in [0.3, 0.4) is 0 Å². The molecule has 12 heteroatoms. The van der Waals surface area contributed by atoms with Gasteiger partial charge in [-0.05, 0) is 53.3 Å². The van der Waals surface area contributed by atoms with Crippen molar-refractivity contribution in [2.24, 2.45) is 5.92 Å². The molecule has 0 aliphatic heterocycles. The van der Waals surface area contributed by atoms with Gasteiger partial charge in [-0.25, -0.2) is 17.6 Å². The van der Waals surface area contributed by atoms with Crippen molar-refractivity contribution in [2.75, 3.05) is 32.5 Å². The van der Waals surface area contributed by atoms with Crippen LogP contribution >= 0.6 is 0 Å². The quantitative estimate of drug-likeness (QED) is 0.150. The Kier molecular flexibility index (Phi) is 12.3. The Labute approximate surface area is 252 Å². The molecule has 0 aliphatic rings. The first-order chi connectivity index (χ1) is 20.5. The first-order valence-electron chi connectivity index (χ1n) is 14.2. The molecule has 10 nitrogen and oxygen atoms in total. The van der Waals surface area contributed by atoms with Crippen LogP contribution in [0.1, 0.15) is 38.7 Å². The molecule has 3 aromatic rings. The number of methoxy groups -OCH3 is 1. The van der Waals surface area contributed by atoms with Crippen molar-refractivity contribution in [2.45, 2.75) is 56.5 Å². The van der Waals surface area contributed by atoms with E-state index in [4.69, 9.17) is 10.5 Å². The average Bonchev–Trinajstić information content (AvgIpc) is 2.98. The first kappa shape index (κ1) is 33.8. The van der Waals surface area contributed by atoms with Crippen LogP contribution in [-0.4, -0.2) is 68.7 Å². The van der Waals surface area contributed by atoms with Crippen LogP contribution in [0.5, 0.6) is 0 Å². The summed E-state index contributed by atoms with van der Waals surface area (Å²) < 4.78 is 46.8. The van der Waals surface area contributed by atoms with Crippen molar-refractivity contribution in [3.63, 3.8) is 0 Å². The Balaban J connectivity index is 1.61. The topological polar surface area (TPSA) is 151 Å². The van der Waals surface area contributed by atoms with Gasteiger partial charge in [-0.1, -0.05) is 62.7 Å². The first-order valence-corrected chi connectivity index (χ1v) is 15.7. The van der Waals surface area contributed by atoms with Crippen molar-refractivity contribution in [3.8, 4) is 0 Å². The second-order valence-corrected chi connectivity index (χ2v) is 12.7. The van der Waals surface area contributed by atoms with Crippen LogP contribution in [-0.2, 0) is 26.0 Å². The fourth-order valence-corrected chi connectivity index (χ4v) is 6.61. The van der Waals surface area contributed by atoms with Gasteiger partial charge in [-0.2, -0.15) is 4.31 Å². The molecule has 5 N–H and O–H groups in total. The smallest absolute Gasteiger partial charge is 0.407 e. The number of amides is 2. The van der Waals surface area contributed by atoms with Crippen molar-refractivity contribution in [3.05, 3.63) is 72.0 Å². The Morgan fingerprint density at radius 3 is 2.42 bits per heavy atom. The largest absolute Gasteiger partial charge is 0.453 e. The van der Waals surface area contributed by atoms with Crippen LogP contribution < -0.4 is 16.4 Å². The highest BCUT2D eigenvalue weighted by Gasteiger charge is 2.32. The number of aliphatic hydroxyl groups excluding tert-OH is 1. The summed E-state index contributed by atoms with van der Waals surface area (Å²) in [4.78, 5) is 24.8. The predicted octanol–water partition coefficient (Wildman–Crippen LogP) is 3.82. The lowest BCUT2D eigenvalue weighted by Crippen LogP contribution is -2.48. The van der Waals surface area contributed by atoms with Gasteiger partial charge >= 0.3 is 6.09 Å². The van der Waals surface area contributed by atoms with Crippen molar-refractivity contribution in [1.82, 2.24) is 14.9 Å². The lowest BCUT2D eigenvalue weighted by atomic mass is 10.0. The van der Waals surface area contributed by atoms with Gasteiger partial charge in [0.1, 0.15) is 11.9 Å². The maximum Gasteiger partial charge on any atom is 0.407 e. The molecule has 43 heavy (non-hydrogen) atoms. The maximum atomic E-state index is 14.1. The summed E-state index contributed by atoms with van der Waals surface area (Å²) in [6.45, 7) is 3.69. The number of benzene rings is 3. The Bertz CT molecular complexity index is 1500. The number of unbranched alkanes of at least 4 members (excludes halogenated alkanes) is 1. The van der Waals surface area contributed by atoms with Crippen LogP contribution in [0, 0.1) is 11.7 Å². The van der Waals surface area contributed by atoms with Gasteiger partial charge in [-0.15, -0.1) is 0 Å². The van der Waals surface area contributed by atoms with Crippen LogP contribution in [0.2, 0.25) is 0 Å². The van der Waals surface area contributed by atoms with Crippen molar-refractivity contribution < 1.29 is 32.2 Å². The summed E-state index contributed by atoms with van der Waals surface area (Å²) in [5.74, 6) is -1.27. The SMILES string of the molecule is COC(=O)N[C@@H](Cc1ccc2ccccc2c1)C(=O)NCCCC[C@@H](CO)N(CC(C)C)S(=O)(=O)c1ccc(N)c(F)c1. The minimum Gasteiger partial charge on any atom is -0.453 e. The van der Waals surface area contributed by atoms with Gasteiger partial charge in [0.2, 0.25) is 15.9 Å². The number of anilines is 1. The van der Waals surface area contributed by atoms with Gasteiger partial charge in [0.25, 0.3) is 0 Å². The average molecular weight is 617 g/mol. The number of aliphatic hydroxyl groups is 1. The lowest BCUT2D eigenvalue weighted by Gasteiger charge is -2.31. The molecule has 3 aromatic carbocycles. The zero-order valence-electron chi connectivity index (χ0n) is 24.8. The number of carbonyl (C=O) groups excluding carboxylic acids is 2. The molecule has 0 bridgehead atoms. The molecule has 0 heterocycles. The number of carbonyl (C=O) groups is 2. The van der Waals surface area contributed by atoms with E-state index >= 15 is 0 Å². The number of nitrogen functional groups attached to an aromatic ring is 1. The summed E-state index contributed by atoms with van der Waals surface area (Å²) in [5.41, 5.74) is 6.23. The van der Waals surface area contributed by atoms with E-state index in [0.717, 1.165) is 22.4 Å². The van der Waals surface area contributed by atoms with E-state index in [1.807, 2.05) is 56.3 Å². The number of hydrogen-bond acceptors (Lipinski definition) is 7. The number of halogens is 1. The van der Waals surface area contributed by atoms with Gasteiger partial charge in [-0.3, -0.25) is 4.79 Å². The molecular weight excluding hydrogens is 575 g/mol. The standard InChI is InChI=1S/C31H41FN4O6S/c1-21(2)19-36(43(40,41)26-13-14-28(33)27(32)18-26)25(20-37)10-6-7-15-34-30(38)29(35-31(39)42-3)17-22-11-12-23-8-4-5-9-24(23)16-22/h4-5,8-9,11-14,16,18,21,25,29,37H,6-7,10,15,17,19-20,33H2,1-3H3,(H,34,38)(H,35,39)/t25-,29-/m0/s1. The Hall–Kier alpha value is -3.74. The van der Waals surface area contributed by atoms with E-state index in [1.54, 1.807) is 0 Å². The zero-order chi connectivity index (χ0) is 31.6. The molecule has 2 amide bonds. The molecule has 0 radical (unpaired) electrons. The molecule has 0 fully saturated rings. The van der Waals surface area contributed by atoms with Crippen LogP contribution in [0.4, 0.5) is 14.9 Å².